The van der Waals surface area contributed by atoms with Crippen molar-refractivity contribution < 1.29 is 9.59 Å². The van der Waals surface area contributed by atoms with Crippen LogP contribution in [0.2, 0.25) is 0 Å². The fraction of sp³-hybridized carbons (Fsp3) is 0.600. The van der Waals surface area contributed by atoms with Gasteiger partial charge in [0.1, 0.15) is 4.88 Å². The zero-order chi connectivity index (χ0) is 15.4. The maximum absolute atomic E-state index is 12.5. The number of hydrogen-bond donors (Lipinski definition) is 1. The molecule has 2 amide bonds. The molecule has 1 atom stereocenters. The molecule has 5 nitrogen and oxygen atoms in total. The Bertz CT molecular complexity index is 513. The number of nitrogen functional groups attached to an aromatic ring is 1. The quantitative estimate of drug-likeness (QED) is 0.925. The van der Waals surface area contributed by atoms with Gasteiger partial charge in [0.2, 0.25) is 5.91 Å². The number of amides is 2. The molecule has 116 valence electrons. The Balaban J connectivity index is 1.90. The minimum Gasteiger partial charge on any atom is -0.397 e. The topological polar surface area (TPSA) is 66.6 Å². The predicted octanol–water partition coefficient (Wildman–Crippen LogP) is 2.05. The standard InChI is InChI=1S/C15H23N3O2S/c1-17(2)13(19)6-5-11-4-3-8-18(10-11)15(20)14-12(16)7-9-21-14/h7,9,11H,3-6,8,10,16H2,1-2H3. The Labute approximate surface area is 129 Å². The number of thiophene rings is 1. The molecular weight excluding hydrogens is 286 g/mol. The Morgan fingerprint density at radius 3 is 2.86 bits per heavy atom. The molecular formula is C15H23N3O2S. The van der Waals surface area contributed by atoms with Crippen LogP contribution in [0.5, 0.6) is 0 Å². The molecule has 0 saturated carbocycles. The number of carbonyl (C=O) groups is 2. The van der Waals surface area contributed by atoms with Gasteiger partial charge in [-0.2, -0.15) is 0 Å². The van der Waals surface area contributed by atoms with Crippen molar-refractivity contribution in [2.24, 2.45) is 5.92 Å². The van der Waals surface area contributed by atoms with E-state index >= 15 is 0 Å². The fourth-order valence-corrected chi connectivity index (χ4v) is 3.46. The van der Waals surface area contributed by atoms with Crippen molar-refractivity contribution in [3.05, 3.63) is 16.3 Å². The van der Waals surface area contributed by atoms with Crippen molar-refractivity contribution in [3.8, 4) is 0 Å². The number of hydrogen-bond acceptors (Lipinski definition) is 4. The zero-order valence-corrected chi connectivity index (χ0v) is 13.5. The van der Waals surface area contributed by atoms with Gasteiger partial charge in [0.25, 0.3) is 5.91 Å². The lowest BCUT2D eigenvalue weighted by Crippen LogP contribution is -2.40. The molecule has 1 fully saturated rings. The van der Waals surface area contributed by atoms with Crippen molar-refractivity contribution in [2.75, 3.05) is 32.9 Å². The lowest BCUT2D eigenvalue weighted by molar-refractivity contribution is -0.129. The lowest BCUT2D eigenvalue weighted by Gasteiger charge is -2.32. The number of nitrogens with two attached hydrogens (primary N) is 1. The van der Waals surface area contributed by atoms with E-state index in [1.54, 1.807) is 25.1 Å². The first-order chi connectivity index (χ1) is 9.99. The first-order valence-corrected chi connectivity index (χ1v) is 8.19. The summed E-state index contributed by atoms with van der Waals surface area (Å²) in [5.41, 5.74) is 6.39. The van der Waals surface area contributed by atoms with Crippen LogP contribution in [0.1, 0.15) is 35.4 Å². The molecule has 6 heteroatoms. The van der Waals surface area contributed by atoms with Gasteiger partial charge < -0.3 is 15.5 Å². The second kappa shape index (κ2) is 6.93. The largest absolute Gasteiger partial charge is 0.397 e. The van der Waals surface area contributed by atoms with Crippen LogP contribution in [0.15, 0.2) is 11.4 Å². The van der Waals surface area contributed by atoms with Crippen molar-refractivity contribution in [1.82, 2.24) is 9.80 Å². The van der Waals surface area contributed by atoms with Crippen LogP contribution in [-0.4, -0.2) is 48.8 Å². The van der Waals surface area contributed by atoms with Gasteiger partial charge in [-0.1, -0.05) is 0 Å². The summed E-state index contributed by atoms with van der Waals surface area (Å²) < 4.78 is 0. The lowest BCUT2D eigenvalue weighted by atomic mass is 9.93. The van der Waals surface area contributed by atoms with Crippen LogP contribution in [-0.2, 0) is 4.79 Å². The maximum Gasteiger partial charge on any atom is 0.266 e. The molecule has 1 aromatic rings. The normalized spacial score (nSPS) is 18.6. The summed E-state index contributed by atoms with van der Waals surface area (Å²) in [4.78, 5) is 28.3. The number of piperidine rings is 1. The highest BCUT2D eigenvalue weighted by molar-refractivity contribution is 7.12. The summed E-state index contributed by atoms with van der Waals surface area (Å²) in [7, 11) is 3.55. The van der Waals surface area contributed by atoms with Crippen LogP contribution in [0.4, 0.5) is 5.69 Å². The molecule has 0 radical (unpaired) electrons. The number of likely N-dealkylation sites (tertiary alicyclic amines) is 1. The van der Waals surface area contributed by atoms with Gasteiger partial charge in [-0.3, -0.25) is 9.59 Å². The van der Waals surface area contributed by atoms with Gasteiger partial charge in [-0.25, -0.2) is 0 Å². The summed E-state index contributed by atoms with van der Waals surface area (Å²) in [6.07, 6.45) is 3.49. The van der Waals surface area contributed by atoms with E-state index in [0.29, 0.717) is 22.9 Å². The molecule has 2 N–H and O–H groups in total. The highest BCUT2D eigenvalue weighted by atomic mass is 32.1. The number of rotatable bonds is 4. The molecule has 1 aliphatic heterocycles. The third-order valence-electron chi connectivity index (χ3n) is 3.96. The SMILES string of the molecule is CN(C)C(=O)CCC1CCCN(C(=O)c2sccc2N)C1. The second-order valence-corrected chi connectivity index (χ2v) is 6.71. The van der Waals surface area contributed by atoms with Gasteiger partial charge in [-0.05, 0) is 36.6 Å². The fourth-order valence-electron chi connectivity index (χ4n) is 2.67. The van der Waals surface area contributed by atoms with Crippen LogP contribution in [0, 0.1) is 5.92 Å². The number of carbonyl (C=O) groups excluding carboxylic acids is 2. The van der Waals surface area contributed by atoms with E-state index in [0.717, 1.165) is 32.4 Å². The summed E-state index contributed by atoms with van der Waals surface area (Å²) in [5, 5.41) is 1.85. The molecule has 2 rings (SSSR count). The van der Waals surface area contributed by atoms with Crippen molar-refractivity contribution in [2.45, 2.75) is 25.7 Å². The van der Waals surface area contributed by atoms with Crippen LogP contribution in [0.3, 0.4) is 0 Å². The van der Waals surface area contributed by atoms with Crippen LogP contribution < -0.4 is 5.73 Å². The Morgan fingerprint density at radius 2 is 2.24 bits per heavy atom. The van der Waals surface area contributed by atoms with Crippen molar-refractivity contribution in [3.63, 3.8) is 0 Å². The highest BCUT2D eigenvalue weighted by Crippen LogP contribution is 2.26. The zero-order valence-electron chi connectivity index (χ0n) is 12.7. The van der Waals surface area contributed by atoms with E-state index in [1.165, 1.54) is 11.3 Å². The molecule has 0 bridgehead atoms. The van der Waals surface area contributed by atoms with Gasteiger partial charge in [0, 0.05) is 33.6 Å². The van der Waals surface area contributed by atoms with Gasteiger partial charge in [0.15, 0.2) is 0 Å². The molecule has 0 spiro atoms. The van der Waals surface area contributed by atoms with E-state index in [4.69, 9.17) is 5.73 Å². The number of nitrogens with zero attached hydrogens (tertiary/aromatic N) is 2. The molecule has 2 heterocycles. The third-order valence-corrected chi connectivity index (χ3v) is 4.88. The molecule has 1 aliphatic rings. The van der Waals surface area contributed by atoms with Crippen molar-refractivity contribution in [1.29, 1.82) is 0 Å². The van der Waals surface area contributed by atoms with Crippen LogP contribution >= 0.6 is 11.3 Å². The summed E-state index contributed by atoms with van der Waals surface area (Å²) in [6.45, 7) is 1.52. The Hall–Kier alpha value is -1.56. The highest BCUT2D eigenvalue weighted by Gasteiger charge is 2.26. The minimum absolute atomic E-state index is 0.0335. The Kier molecular flexibility index (Phi) is 5.22. The average Bonchev–Trinajstić information content (AvgIpc) is 2.90. The minimum atomic E-state index is 0.0335. The summed E-state index contributed by atoms with van der Waals surface area (Å²) in [6, 6.07) is 1.77. The van der Waals surface area contributed by atoms with Gasteiger partial charge >= 0.3 is 0 Å². The molecule has 1 aromatic heterocycles. The van der Waals surface area contributed by atoms with E-state index in [9.17, 15) is 9.59 Å². The monoisotopic (exact) mass is 309 g/mol. The van der Waals surface area contributed by atoms with Gasteiger partial charge in [0.05, 0.1) is 5.69 Å². The van der Waals surface area contributed by atoms with Gasteiger partial charge in [-0.15, -0.1) is 11.3 Å². The average molecular weight is 309 g/mol. The maximum atomic E-state index is 12.5. The predicted molar refractivity (Wildman–Crippen MR) is 85.3 cm³/mol. The third kappa shape index (κ3) is 3.97. The molecule has 1 saturated heterocycles. The van der Waals surface area contributed by atoms with Crippen molar-refractivity contribution >= 4 is 28.8 Å². The summed E-state index contributed by atoms with van der Waals surface area (Å²) in [5.74, 6) is 0.597. The van der Waals surface area contributed by atoms with E-state index in [1.807, 2.05) is 10.3 Å². The number of anilines is 1. The van der Waals surface area contributed by atoms with Crippen LogP contribution in [0.25, 0.3) is 0 Å². The van der Waals surface area contributed by atoms with E-state index in [-0.39, 0.29) is 11.8 Å². The second-order valence-electron chi connectivity index (χ2n) is 5.79. The molecule has 1 unspecified atom stereocenters. The molecule has 21 heavy (non-hydrogen) atoms. The molecule has 0 aliphatic carbocycles. The molecule has 0 aromatic carbocycles. The van der Waals surface area contributed by atoms with E-state index in [2.05, 4.69) is 0 Å². The smallest absolute Gasteiger partial charge is 0.266 e. The first-order valence-electron chi connectivity index (χ1n) is 7.31. The first kappa shape index (κ1) is 15.8. The summed E-state index contributed by atoms with van der Waals surface area (Å²) >= 11 is 1.40. The van der Waals surface area contributed by atoms with E-state index < -0.39 is 0 Å². The Morgan fingerprint density at radius 1 is 1.48 bits per heavy atom.